The van der Waals surface area contributed by atoms with Gasteiger partial charge in [-0.2, -0.15) is 0 Å². The zero-order chi connectivity index (χ0) is 17.8. The molecule has 25 heavy (non-hydrogen) atoms. The Labute approximate surface area is 150 Å². The molecular weight excluding hydrogens is 347 g/mol. The molecule has 0 atom stereocenters. The van der Waals surface area contributed by atoms with E-state index in [1.165, 1.54) is 11.0 Å². The Morgan fingerprint density at radius 2 is 2.12 bits per heavy atom. The molecule has 2 aromatic rings. The van der Waals surface area contributed by atoms with Crippen molar-refractivity contribution >= 4 is 17.7 Å². The highest BCUT2D eigenvalue weighted by Crippen LogP contribution is 2.33. The van der Waals surface area contributed by atoms with E-state index in [-0.39, 0.29) is 12.5 Å². The molecule has 0 bridgehead atoms. The number of halogens is 2. The molecule has 1 amide bonds. The van der Waals surface area contributed by atoms with Crippen molar-refractivity contribution in [3.8, 4) is 5.88 Å². The van der Waals surface area contributed by atoms with Crippen LogP contribution >= 0.6 is 11.6 Å². The zero-order valence-corrected chi connectivity index (χ0v) is 14.2. The van der Waals surface area contributed by atoms with Gasteiger partial charge in [-0.3, -0.25) is 0 Å². The number of aromatic nitrogens is 1. The lowest BCUT2D eigenvalue weighted by Gasteiger charge is -2.30. The van der Waals surface area contributed by atoms with Crippen molar-refractivity contribution in [2.45, 2.75) is 25.4 Å². The summed E-state index contributed by atoms with van der Waals surface area (Å²) < 4.78 is 19.6. The molecule has 0 saturated carbocycles. The molecule has 1 aliphatic heterocycles. The Kier molecular flexibility index (Phi) is 5.38. The summed E-state index contributed by atoms with van der Waals surface area (Å²) in [7, 11) is 0. The Bertz CT molecular complexity index is 764. The number of ether oxygens (including phenoxy) is 1. The first kappa shape index (κ1) is 17.5. The quantitative estimate of drug-likeness (QED) is 0.878. The van der Waals surface area contributed by atoms with Crippen LogP contribution < -0.4 is 4.74 Å². The fourth-order valence-electron chi connectivity index (χ4n) is 3.00. The molecule has 1 saturated heterocycles. The highest BCUT2D eigenvalue weighted by Gasteiger charge is 2.25. The first-order valence-electron chi connectivity index (χ1n) is 8.04. The molecule has 0 spiro atoms. The molecule has 2 heterocycles. The lowest BCUT2D eigenvalue weighted by molar-refractivity contribution is 0.131. The number of benzene rings is 1. The zero-order valence-electron chi connectivity index (χ0n) is 13.5. The number of pyridine rings is 1. The molecule has 1 N–H and O–H groups in total. The summed E-state index contributed by atoms with van der Waals surface area (Å²) in [6.07, 6.45) is 2.16. The van der Waals surface area contributed by atoms with E-state index in [9.17, 15) is 9.18 Å². The van der Waals surface area contributed by atoms with Gasteiger partial charge in [-0.1, -0.05) is 23.7 Å². The van der Waals surface area contributed by atoms with Gasteiger partial charge in [-0.05, 0) is 37.0 Å². The fraction of sp³-hybridized carbons (Fsp3) is 0.333. The maximum atomic E-state index is 13.9. The highest BCUT2D eigenvalue weighted by molar-refractivity contribution is 6.30. The normalized spacial score (nSPS) is 15.2. The summed E-state index contributed by atoms with van der Waals surface area (Å²) in [6.45, 7) is 1.03. The van der Waals surface area contributed by atoms with E-state index < -0.39 is 11.9 Å². The van der Waals surface area contributed by atoms with Crippen LogP contribution in [0.5, 0.6) is 5.88 Å². The Balaban J connectivity index is 1.70. The van der Waals surface area contributed by atoms with Crippen molar-refractivity contribution in [2.75, 3.05) is 13.1 Å². The third-order valence-electron chi connectivity index (χ3n) is 4.39. The van der Waals surface area contributed by atoms with Gasteiger partial charge in [-0.25, -0.2) is 14.2 Å². The first-order valence-corrected chi connectivity index (χ1v) is 8.42. The maximum Gasteiger partial charge on any atom is 0.407 e. The molecule has 0 unspecified atom stereocenters. The number of amides is 1. The second-order valence-electron chi connectivity index (χ2n) is 5.97. The third-order valence-corrected chi connectivity index (χ3v) is 4.62. The molecule has 0 aliphatic carbocycles. The number of rotatable bonds is 4. The first-order chi connectivity index (χ1) is 12.0. The van der Waals surface area contributed by atoms with Crippen molar-refractivity contribution in [2.24, 2.45) is 0 Å². The second kappa shape index (κ2) is 7.70. The van der Waals surface area contributed by atoms with E-state index in [0.29, 0.717) is 42.4 Å². The summed E-state index contributed by atoms with van der Waals surface area (Å²) in [4.78, 5) is 16.7. The highest BCUT2D eigenvalue weighted by atomic mass is 35.5. The molecule has 1 aliphatic rings. The van der Waals surface area contributed by atoms with Gasteiger partial charge in [-0.15, -0.1) is 0 Å². The van der Waals surface area contributed by atoms with Crippen LogP contribution in [0.15, 0.2) is 36.5 Å². The Morgan fingerprint density at radius 3 is 2.80 bits per heavy atom. The minimum atomic E-state index is -0.890. The molecule has 1 aromatic heterocycles. The van der Waals surface area contributed by atoms with E-state index >= 15 is 0 Å². The number of carbonyl (C=O) groups is 1. The predicted octanol–water partition coefficient (Wildman–Crippen LogP) is 4.31. The standard InChI is InChI=1S/C18H18ClFN2O3/c19-14-4-3-13(16(20)10-14)11-25-17-15(2-1-7-21-17)12-5-8-22(9-6-12)18(23)24/h1-4,7,10,12H,5-6,8-9,11H2,(H,23,24). The number of hydrogen-bond acceptors (Lipinski definition) is 3. The topological polar surface area (TPSA) is 62.7 Å². The number of hydrogen-bond donors (Lipinski definition) is 1. The van der Waals surface area contributed by atoms with Gasteiger partial charge in [0.15, 0.2) is 0 Å². The lowest BCUT2D eigenvalue weighted by atomic mass is 9.90. The number of nitrogens with zero attached hydrogens (tertiary/aromatic N) is 2. The van der Waals surface area contributed by atoms with Crippen LogP contribution in [-0.2, 0) is 6.61 Å². The summed E-state index contributed by atoms with van der Waals surface area (Å²) in [5.74, 6) is 0.222. The van der Waals surface area contributed by atoms with Gasteiger partial charge < -0.3 is 14.7 Å². The summed E-state index contributed by atoms with van der Waals surface area (Å²) in [6, 6.07) is 8.22. The van der Waals surface area contributed by atoms with Gasteiger partial charge in [0.05, 0.1) is 0 Å². The molecule has 7 heteroatoms. The molecule has 1 aromatic carbocycles. The van der Waals surface area contributed by atoms with Gasteiger partial charge in [0.25, 0.3) is 0 Å². The van der Waals surface area contributed by atoms with Crippen LogP contribution in [0, 0.1) is 5.82 Å². The fourth-order valence-corrected chi connectivity index (χ4v) is 3.16. The molecule has 0 radical (unpaired) electrons. The van der Waals surface area contributed by atoms with Crippen molar-refractivity contribution < 1.29 is 19.0 Å². The molecule has 3 rings (SSSR count). The number of carboxylic acid groups (broad SMARTS) is 1. The van der Waals surface area contributed by atoms with Crippen LogP contribution in [0.25, 0.3) is 0 Å². The van der Waals surface area contributed by atoms with Crippen LogP contribution in [0.3, 0.4) is 0 Å². The van der Waals surface area contributed by atoms with Crippen LogP contribution in [-0.4, -0.2) is 34.2 Å². The minimum Gasteiger partial charge on any atom is -0.472 e. The molecule has 5 nitrogen and oxygen atoms in total. The summed E-state index contributed by atoms with van der Waals surface area (Å²) in [5, 5.41) is 9.39. The molecule has 132 valence electrons. The van der Waals surface area contributed by atoms with Crippen molar-refractivity contribution in [3.63, 3.8) is 0 Å². The van der Waals surface area contributed by atoms with E-state index in [1.54, 1.807) is 18.3 Å². The average Bonchev–Trinajstić information content (AvgIpc) is 2.61. The van der Waals surface area contributed by atoms with Gasteiger partial charge >= 0.3 is 6.09 Å². The van der Waals surface area contributed by atoms with Gasteiger partial charge in [0.1, 0.15) is 12.4 Å². The Hall–Kier alpha value is -2.34. The predicted molar refractivity (Wildman–Crippen MR) is 91.6 cm³/mol. The van der Waals surface area contributed by atoms with E-state index in [2.05, 4.69) is 4.98 Å². The summed E-state index contributed by atoms with van der Waals surface area (Å²) >= 11 is 5.76. The van der Waals surface area contributed by atoms with Crippen LogP contribution in [0.1, 0.15) is 29.9 Å². The Morgan fingerprint density at radius 1 is 1.36 bits per heavy atom. The minimum absolute atomic E-state index is 0.0565. The lowest BCUT2D eigenvalue weighted by Crippen LogP contribution is -2.36. The second-order valence-corrected chi connectivity index (χ2v) is 6.40. The molecular formula is C18H18ClFN2O3. The smallest absolute Gasteiger partial charge is 0.407 e. The monoisotopic (exact) mass is 364 g/mol. The van der Waals surface area contributed by atoms with Crippen LogP contribution in [0.2, 0.25) is 5.02 Å². The van der Waals surface area contributed by atoms with E-state index in [0.717, 1.165) is 5.56 Å². The van der Waals surface area contributed by atoms with Crippen LogP contribution in [0.4, 0.5) is 9.18 Å². The van der Waals surface area contributed by atoms with Crippen molar-refractivity contribution in [3.05, 3.63) is 58.5 Å². The summed E-state index contributed by atoms with van der Waals surface area (Å²) in [5.41, 5.74) is 1.34. The van der Waals surface area contributed by atoms with Crippen molar-refractivity contribution in [1.82, 2.24) is 9.88 Å². The van der Waals surface area contributed by atoms with Gasteiger partial charge in [0.2, 0.25) is 5.88 Å². The third kappa shape index (κ3) is 4.20. The van der Waals surface area contributed by atoms with Gasteiger partial charge in [0, 0.05) is 35.4 Å². The van der Waals surface area contributed by atoms with E-state index in [1.807, 2.05) is 12.1 Å². The number of likely N-dealkylation sites (tertiary alicyclic amines) is 1. The molecule has 1 fully saturated rings. The van der Waals surface area contributed by atoms with Crippen molar-refractivity contribution in [1.29, 1.82) is 0 Å². The average molecular weight is 365 g/mol. The maximum absolute atomic E-state index is 13.9. The number of piperidine rings is 1. The SMILES string of the molecule is O=C(O)N1CCC(c2cccnc2OCc2ccc(Cl)cc2F)CC1. The van der Waals surface area contributed by atoms with E-state index in [4.69, 9.17) is 21.4 Å². The largest absolute Gasteiger partial charge is 0.472 e.